The van der Waals surface area contributed by atoms with Gasteiger partial charge in [0.05, 0.1) is 23.7 Å². The molecule has 0 radical (unpaired) electrons. The second-order valence-corrected chi connectivity index (χ2v) is 14.4. The number of fused-ring (bicyclic) bond motifs is 1. The van der Waals surface area contributed by atoms with Crippen LogP contribution < -0.4 is 0 Å². The zero-order valence-electron chi connectivity index (χ0n) is 23.0. The molecule has 4 fully saturated rings. The lowest BCUT2D eigenvalue weighted by Crippen LogP contribution is -2.39. The Morgan fingerprint density at radius 3 is 2.62 bits per heavy atom. The summed E-state index contributed by atoms with van der Waals surface area (Å²) in [6.07, 6.45) is 18.1. The van der Waals surface area contributed by atoms with Crippen LogP contribution in [0.3, 0.4) is 0 Å². The van der Waals surface area contributed by atoms with E-state index in [2.05, 4.69) is 63.6 Å². The Morgan fingerprint density at radius 2 is 1.95 bits per heavy atom. The summed E-state index contributed by atoms with van der Waals surface area (Å²) >= 11 is 1.72. The molecule has 0 aromatic carbocycles. The van der Waals surface area contributed by atoms with E-state index in [1.54, 1.807) is 11.3 Å². The summed E-state index contributed by atoms with van der Waals surface area (Å²) in [5.74, 6) is 1.11. The second-order valence-electron chi connectivity index (χ2n) is 13.2. The molecule has 1 aromatic rings. The molecule has 3 N–H and O–H groups in total. The Morgan fingerprint density at radius 1 is 1.19 bits per heavy atom. The maximum absolute atomic E-state index is 11.2. The van der Waals surface area contributed by atoms with Crippen molar-refractivity contribution < 1.29 is 15.3 Å². The first-order valence-electron chi connectivity index (χ1n) is 14.2. The lowest BCUT2D eigenvalue weighted by molar-refractivity contribution is 0.0706. The van der Waals surface area contributed by atoms with E-state index in [1.165, 1.54) is 36.1 Å². The fourth-order valence-electron chi connectivity index (χ4n) is 7.92. The van der Waals surface area contributed by atoms with Crippen molar-refractivity contribution >= 4 is 11.3 Å². The van der Waals surface area contributed by atoms with E-state index >= 15 is 0 Å². The number of hydrogen-bond acceptors (Lipinski definition) is 5. The van der Waals surface area contributed by atoms with Crippen LogP contribution in [-0.2, 0) is 5.41 Å². The van der Waals surface area contributed by atoms with Crippen LogP contribution in [0.5, 0.6) is 0 Å². The lowest BCUT2D eigenvalue weighted by Gasteiger charge is -2.47. The highest BCUT2D eigenvalue weighted by atomic mass is 32.1. The van der Waals surface area contributed by atoms with Crippen molar-refractivity contribution in [2.75, 3.05) is 0 Å². The molecule has 1 heterocycles. The first-order valence-corrected chi connectivity index (χ1v) is 15.0. The smallest absolute Gasteiger partial charge is 0.102 e. The van der Waals surface area contributed by atoms with Gasteiger partial charge in [-0.1, -0.05) is 57.2 Å². The molecule has 0 aliphatic heterocycles. The van der Waals surface area contributed by atoms with Crippen molar-refractivity contribution in [2.24, 2.45) is 22.7 Å². The molecule has 0 amide bonds. The van der Waals surface area contributed by atoms with Crippen molar-refractivity contribution in [1.82, 2.24) is 4.98 Å². The maximum Gasteiger partial charge on any atom is 0.102 e. The van der Waals surface area contributed by atoms with Crippen molar-refractivity contribution in [1.29, 1.82) is 0 Å². The summed E-state index contributed by atoms with van der Waals surface area (Å²) in [5, 5.41) is 32.7. The quantitative estimate of drug-likeness (QED) is 0.369. The van der Waals surface area contributed by atoms with Crippen LogP contribution in [-0.4, -0.2) is 38.6 Å². The van der Waals surface area contributed by atoms with Crippen LogP contribution in [0.4, 0.5) is 0 Å². The van der Waals surface area contributed by atoms with Gasteiger partial charge in [0, 0.05) is 17.5 Å². The van der Waals surface area contributed by atoms with Gasteiger partial charge in [0.1, 0.15) is 5.01 Å². The van der Waals surface area contributed by atoms with Crippen LogP contribution in [0.2, 0.25) is 0 Å². The SMILES string of the molecule is C=C1C(=CC=C2CCC[C@]3(C)[C@@H](C(C)(C)C=C[C@H](O)C4(c5ncc(C)s5)CC4)CC[C@@H]23)C[C@@H](O)C[C@@H]1O. The number of rotatable bonds is 6. The third-order valence-electron chi connectivity index (χ3n) is 10.2. The molecule has 202 valence electrons. The number of aromatic nitrogens is 1. The van der Waals surface area contributed by atoms with E-state index in [0.29, 0.717) is 24.7 Å². The molecule has 4 aliphatic rings. The maximum atomic E-state index is 11.2. The number of thiazole rings is 1. The van der Waals surface area contributed by atoms with E-state index in [1.807, 2.05) is 6.20 Å². The largest absolute Gasteiger partial charge is 0.393 e. The molecular formula is C32H45NO3S. The van der Waals surface area contributed by atoms with Gasteiger partial charge in [-0.3, -0.25) is 0 Å². The Labute approximate surface area is 226 Å². The highest BCUT2D eigenvalue weighted by Crippen LogP contribution is 2.62. The van der Waals surface area contributed by atoms with Gasteiger partial charge < -0.3 is 15.3 Å². The normalized spacial score (nSPS) is 36.9. The average Bonchev–Trinajstić information content (AvgIpc) is 3.40. The molecule has 37 heavy (non-hydrogen) atoms. The molecule has 0 spiro atoms. The van der Waals surface area contributed by atoms with E-state index in [0.717, 1.165) is 35.4 Å². The third kappa shape index (κ3) is 4.97. The number of aliphatic hydroxyl groups is 3. The van der Waals surface area contributed by atoms with Gasteiger partial charge in [-0.25, -0.2) is 4.98 Å². The molecule has 4 nitrogen and oxygen atoms in total. The first kappa shape index (κ1) is 27.1. The van der Waals surface area contributed by atoms with E-state index in [9.17, 15) is 15.3 Å². The lowest BCUT2D eigenvalue weighted by atomic mass is 9.57. The Balaban J connectivity index is 1.33. The van der Waals surface area contributed by atoms with Gasteiger partial charge in [0.2, 0.25) is 0 Å². The molecule has 5 rings (SSSR count). The minimum absolute atomic E-state index is 0.00779. The highest BCUT2D eigenvalue weighted by molar-refractivity contribution is 7.11. The first-order chi connectivity index (χ1) is 17.5. The molecule has 6 atom stereocenters. The van der Waals surface area contributed by atoms with Crippen molar-refractivity contribution in [3.63, 3.8) is 0 Å². The fourth-order valence-corrected chi connectivity index (χ4v) is 8.97. The van der Waals surface area contributed by atoms with Crippen molar-refractivity contribution in [2.45, 2.75) is 109 Å². The number of nitrogens with zero attached hydrogens (tertiary/aromatic N) is 1. The Hall–Kier alpha value is -1.53. The molecule has 0 bridgehead atoms. The van der Waals surface area contributed by atoms with Gasteiger partial charge in [-0.15, -0.1) is 11.3 Å². The summed E-state index contributed by atoms with van der Waals surface area (Å²) in [4.78, 5) is 5.82. The number of hydrogen-bond donors (Lipinski definition) is 3. The van der Waals surface area contributed by atoms with Crippen LogP contribution in [0.25, 0.3) is 0 Å². The van der Waals surface area contributed by atoms with E-state index in [-0.39, 0.29) is 16.2 Å². The molecular weight excluding hydrogens is 478 g/mol. The van der Waals surface area contributed by atoms with Crippen LogP contribution >= 0.6 is 11.3 Å². The minimum atomic E-state index is -0.641. The standard InChI is InChI=1S/C32H45NO3S/c1-20-19-33-29(37-20)32(15-16-32)28(36)12-14-30(3,4)27-11-10-25-22(7-6-13-31(25,27)5)8-9-23-17-24(34)18-26(35)21(23)2/h8-9,12,14,19,24-28,34-36H,2,6-7,10-11,13,15-18H2,1,3-5H3/t24-,25+,26+,27-,28+,31+/m1/s1. The minimum Gasteiger partial charge on any atom is -0.393 e. The van der Waals surface area contributed by atoms with E-state index < -0.39 is 18.3 Å². The molecule has 0 saturated heterocycles. The predicted octanol–water partition coefficient (Wildman–Crippen LogP) is 6.57. The summed E-state index contributed by atoms with van der Waals surface area (Å²) in [6.45, 7) is 13.4. The summed E-state index contributed by atoms with van der Waals surface area (Å²) in [6, 6.07) is 0. The van der Waals surface area contributed by atoms with Crippen LogP contribution in [0.15, 0.2) is 53.8 Å². The summed E-state index contributed by atoms with van der Waals surface area (Å²) in [7, 11) is 0. The van der Waals surface area contributed by atoms with Gasteiger partial charge in [0.25, 0.3) is 0 Å². The number of allylic oxidation sites excluding steroid dienone is 4. The van der Waals surface area contributed by atoms with Crippen LogP contribution in [0.1, 0.15) is 88.4 Å². The zero-order valence-corrected chi connectivity index (χ0v) is 23.9. The highest BCUT2D eigenvalue weighted by Gasteiger charge is 2.54. The molecule has 4 aliphatic carbocycles. The average molecular weight is 524 g/mol. The zero-order chi connectivity index (χ0) is 26.6. The molecule has 4 saturated carbocycles. The Kier molecular flexibility index (Phi) is 7.23. The van der Waals surface area contributed by atoms with Crippen LogP contribution in [0, 0.1) is 29.6 Å². The number of aliphatic hydroxyl groups excluding tert-OH is 3. The van der Waals surface area contributed by atoms with Gasteiger partial charge in [0.15, 0.2) is 0 Å². The molecule has 0 unspecified atom stereocenters. The molecule has 1 aromatic heterocycles. The van der Waals surface area contributed by atoms with Crippen molar-refractivity contribution in [3.8, 4) is 0 Å². The van der Waals surface area contributed by atoms with Crippen molar-refractivity contribution in [3.05, 3.63) is 63.7 Å². The van der Waals surface area contributed by atoms with Gasteiger partial charge >= 0.3 is 0 Å². The van der Waals surface area contributed by atoms with Gasteiger partial charge in [-0.05, 0) is 92.1 Å². The van der Waals surface area contributed by atoms with E-state index in [4.69, 9.17) is 0 Å². The molecule has 5 heteroatoms. The van der Waals surface area contributed by atoms with Gasteiger partial charge in [-0.2, -0.15) is 0 Å². The Bertz CT molecular complexity index is 1120. The summed E-state index contributed by atoms with van der Waals surface area (Å²) < 4.78 is 0. The number of aryl methyl sites for hydroxylation is 1. The predicted molar refractivity (Wildman–Crippen MR) is 151 cm³/mol. The fraction of sp³-hybridized carbons (Fsp3) is 0.656. The second kappa shape index (κ2) is 9.89. The summed E-state index contributed by atoms with van der Waals surface area (Å²) in [5.41, 5.74) is 3.31. The topological polar surface area (TPSA) is 73.6 Å². The third-order valence-corrected chi connectivity index (χ3v) is 11.4. The monoisotopic (exact) mass is 523 g/mol.